The lowest BCUT2D eigenvalue weighted by Crippen LogP contribution is -2.36. The molecule has 0 radical (unpaired) electrons. The van der Waals surface area contributed by atoms with Crippen LogP contribution in [0, 0.1) is 0 Å². The van der Waals surface area contributed by atoms with Crippen molar-refractivity contribution >= 4 is 16.9 Å². The van der Waals surface area contributed by atoms with Gasteiger partial charge < -0.3 is 9.29 Å². The van der Waals surface area contributed by atoms with Crippen molar-refractivity contribution in [1.82, 2.24) is 0 Å². The number of benzene rings is 2. The summed E-state index contributed by atoms with van der Waals surface area (Å²) in [5, 5.41) is 5.46. The maximum Gasteiger partial charge on any atom is 0.416 e. The molecule has 2 aromatic rings. The average molecular weight is 397 g/mol. The first-order valence-corrected chi connectivity index (χ1v) is 9.45. The van der Waals surface area contributed by atoms with Crippen LogP contribution < -0.4 is 9.88 Å². The quantitative estimate of drug-likeness (QED) is 0.691. The Morgan fingerprint density at radius 2 is 1.78 bits per heavy atom. The highest BCUT2D eigenvalue weighted by molar-refractivity contribution is 7.90. The number of rotatable bonds is 6. The lowest BCUT2D eigenvalue weighted by atomic mass is 10.00. The van der Waals surface area contributed by atoms with Gasteiger partial charge in [0.25, 0.3) is 0 Å². The van der Waals surface area contributed by atoms with Gasteiger partial charge in [0.2, 0.25) is 0 Å². The van der Waals surface area contributed by atoms with Gasteiger partial charge in [-0.25, -0.2) is 0 Å². The summed E-state index contributed by atoms with van der Waals surface area (Å²) in [5.74, 6) is 0.114. The summed E-state index contributed by atoms with van der Waals surface area (Å²) in [4.78, 5) is 0. The first kappa shape index (κ1) is 21.3. The summed E-state index contributed by atoms with van der Waals surface area (Å²) in [7, 11) is 0. The molecule has 0 aliphatic rings. The Morgan fingerprint density at radius 3 is 2.33 bits per heavy atom. The Kier molecular flexibility index (Phi) is 6.62. The zero-order valence-corrected chi connectivity index (χ0v) is 16.2. The SMILES string of the molecule is CC(=CC(C)(C)[S+](N)[O-])c1cc(OCc2ccccc2)cc(C(F)(F)F)c1. The normalized spacial score (nSPS) is 14.1. The predicted molar refractivity (Wildman–Crippen MR) is 102 cm³/mol. The van der Waals surface area contributed by atoms with Crippen LogP contribution in [-0.4, -0.2) is 9.30 Å². The molecule has 7 heteroatoms. The second kappa shape index (κ2) is 8.37. The lowest BCUT2D eigenvalue weighted by molar-refractivity contribution is -0.137. The largest absolute Gasteiger partial charge is 0.598 e. The number of nitrogens with two attached hydrogens (primary N) is 1. The number of ether oxygens (including phenoxy) is 1. The second-order valence-corrected chi connectivity index (χ2v) is 8.39. The maximum atomic E-state index is 13.3. The zero-order chi connectivity index (χ0) is 20.2. The van der Waals surface area contributed by atoms with E-state index >= 15 is 0 Å². The predicted octanol–water partition coefficient (Wildman–Crippen LogP) is 5.09. The van der Waals surface area contributed by atoms with E-state index in [1.54, 1.807) is 32.9 Å². The van der Waals surface area contributed by atoms with Gasteiger partial charge in [-0.3, -0.25) is 0 Å². The average Bonchev–Trinajstić information content (AvgIpc) is 2.59. The van der Waals surface area contributed by atoms with E-state index in [1.165, 1.54) is 0 Å². The van der Waals surface area contributed by atoms with Crippen LogP contribution in [0.15, 0.2) is 54.6 Å². The summed E-state index contributed by atoms with van der Waals surface area (Å²) in [5.41, 5.74) is 0.923. The van der Waals surface area contributed by atoms with Gasteiger partial charge in [-0.15, -0.1) is 0 Å². The Labute approximate surface area is 160 Å². The number of halogens is 3. The minimum Gasteiger partial charge on any atom is -0.598 e. The smallest absolute Gasteiger partial charge is 0.416 e. The molecule has 0 aliphatic carbocycles. The number of allylic oxidation sites excluding steroid dienone is 1. The van der Waals surface area contributed by atoms with E-state index in [4.69, 9.17) is 9.88 Å². The van der Waals surface area contributed by atoms with Crippen LogP contribution in [0.25, 0.3) is 5.57 Å². The third kappa shape index (κ3) is 6.02. The fourth-order valence-electron chi connectivity index (χ4n) is 2.48. The Balaban J connectivity index is 2.38. The molecular formula is C20H22F3NO2S. The fourth-order valence-corrected chi connectivity index (χ4v) is 2.77. The van der Waals surface area contributed by atoms with Crippen molar-refractivity contribution in [2.45, 2.75) is 38.3 Å². The highest BCUT2D eigenvalue weighted by Crippen LogP contribution is 2.35. The summed E-state index contributed by atoms with van der Waals surface area (Å²) in [6.45, 7) is 5.13. The molecule has 0 spiro atoms. The minimum atomic E-state index is -4.51. The van der Waals surface area contributed by atoms with Gasteiger partial charge in [-0.2, -0.15) is 18.3 Å². The topological polar surface area (TPSA) is 58.3 Å². The van der Waals surface area contributed by atoms with Crippen LogP contribution in [0.4, 0.5) is 13.2 Å². The maximum absolute atomic E-state index is 13.3. The molecule has 27 heavy (non-hydrogen) atoms. The van der Waals surface area contributed by atoms with Crippen molar-refractivity contribution in [2.24, 2.45) is 5.14 Å². The van der Waals surface area contributed by atoms with E-state index in [0.717, 1.165) is 17.7 Å². The van der Waals surface area contributed by atoms with Crippen molar-refractivity contribution in [1.29, 1.82) is 0 Å². The molecule has 0 amide bonds. The lowest BCUT2D eigenvalue weighted by Gasteiger charge is -2.22. The van der Waals surface area contributed by atoms with Gasteiger partial charge in [-0.1, -0.05) is 30.3 Å². The third-order valence-corrected chi connectivity index (χ3v) is 5.18. The highest BCUT2D eigenvalue weighted by atomic mass is 32.2. The molecule has 0 heterocycles. The summed E-state index contributed by atoms with van der Waals surface area (Å²) in [6.07, 6.45) is -2.90. The molecule has 146 valence electrons. The van der Waals surface area contributed by atoms with Crippen LogP contribution >= 0.6 is 0 Å². The molecule has 0 aliphatic heterocycles. The third-order valence-electron chi connectivity index (χ3n) is 4.02. The fraction of sp³-hybridized carbons (Fsp3) is 0.300. The highest BCUT2D eigenvalue weighted by Gasteiger charge is 2.32. The Morgan fingerprint density at radius 1 is 1.15 bits per heavy atom. The monoisotopic (exact) mass is 397 g/mol. The van der Waals surface area contributed by atoms with Gasteiger partial charge in [-0.05, 0) is 61.7 Å². The molecule has 0 fully saturated rings. The van der Waals surface area contributed by atoms with E-state index in [-0.39, 0.29) is 12.4 Å². The standard InChI is InChI=1S/C20H22F3NO2S/c1-14(12-19(2,3)27(24)25)16-9-17(20(21,22)23)11-18(10-16)26-13-15-7-5-4-6-8-15/h4-12H,13,24H2,1-3H3. The number of hydrogen-bond donors (Lipinski definition) is 1. The minimum absolute atomic E-state index is 0.114. The van der Waals surface area contributed by atoms with Crippen molar-refractivity contribution in [3.63, 3.8) is 0 Å². The van der Waals surface area contributed by atoms with E-state index in [0.29, 0.717) is 11.1 Å². The van der Waals surface area contributed by atoms with Gasteiger partial charge in [0.1, 0.15) is 12.4 Å². The van der Waals surface area contributed by atoms with Gasteiger partial charge in [0.05, 0.1) is 5.56 Å². The molecule has 0 bridgehead atoms. The Bertz CT molecular complexity index is 803. The molecule has 1 atom stereocenters. The van der Waals surface area contributed by atoms with Crippen molar-refractivity contribution in [3.05, 3.63) is 71.3 Å². The molecule has 0 saturated carbocycles. The molecule has 1 unspecified atom stereocenters. The Hall–Kier alpha value is -1.96. The summed E-state index contributed by atoms with van der Waals surface area (Å²) < 4.78 is 56.2. The van der Waals surface area contributed by atoms with Crippen LogP contribution in [0.1, 0.15) is 37.5 Å². The van der Waals surface area contributed by atoms with Gasteiger partial charge >= 0.3 is 6.18 Å². The number of hydrogen-bond acceptors (Lipinski definition) is 3. The molecule has 0 aromatic heterocycles. The second-order valence-electron chi connectivity index (χ2n) is 6.75. The van der Waals surface area contributed by atoms with Gasteiger partial charge in [0.15, 0.2) is 4.75 Å². The molecular weight excluding hydrogens is 375 g/mol. The van der Waals surface area contributed by atoms with Crippen LogP contribution in [0.3, 0.4) is 0 Å². The molecule has 2 aromatic carbocycles. The van der Waals surface area contributed by atoms with E-state index in [2.05, 4.69) is 0 Å². The van der Waals surface area contributed by atoms with Crippen LogP contribution in [0.5, 0.6) is 5.75 Å². The summed E-state index contributed by atoms with van der Waals surface area (Å²) in [6, 6.07) is 12.7. The van der Waals surface area contributed by atoms with Crippen LogP contribution in [-0.2, 0) is 24.1 Å². The zero-order valence-electron chi connectivity index (χ0n) is 15.3. The molecule has 0 saturated heterocycles. The molecule has 3 nitrogen and oxygen atoms in total. The van der Waals surface area contributed by atoms with E-state index in [9.17, 15) is 17.7 Å². The molecule has 2 N–H and O–H groups in total. The van der Waals surface area contributed by atoms with E-state index in [1.807, 2.05) is 30.3 Å². The van der Waals surface area contributed by atoms with Crippen molar-refractivity contribution < 1.29 is 22.5 Å². The van der Waals surface area contributed by atoms with E-state index < -0.39 is 27.8 Å². The molecule has 2 rings (SSSR count). The van der Waals surface area contributed by atoms with Crippen molar-refractivity contribution in [3.8, 4) is 5.75 Å². The van der Waals surface area contributed by atoms with Gasteiger partial charge in [0, 0.05) is 11.4 Å². The first-order valence-electron chi connectivity index (χ1n) is 8.24. The summed E-state index contributed by atoms with van der Waals surface area (Å²) >= 11 is -1.66. The van der Waals surface area contributed by atoms with Crippen LogP contribution in [0.2, 0.25) is 0 Å². The first-order chi connectivity index (χ1) is 12.5. The number of alkyl halides is 3. The van der Waals surface area contributed by atoms with Crippen molar-refractivity contribution in [2.75, 3.05) is 0 Å².